The molecule has 1 N–H and O–H groups in total. The van der Waals surface area contributed by atoms with E-state index in [0.717, 1.165) is 50.9 Å². The second-order valence-corrected chi connectivity index (χ2v) is 6.47. The average Bonchev–Trinajstić information content (AvgIpc) is 2.86. The smallest absolute Gasteiger partial charge is 0.261 e. The third kappa shape index (κ3) is 4.18. The van der Waals surface area contributed by atoms with Gasteiger partial charge in [0.25, 0.3) is 11.5 Å². The molecule has 0 radical (unpaired) electrons. The minimum atomic E-state index is -0.148. The van der Waals surface area contributed by atoms with Crippen molar-refractivity contribution in [3.05, 3.63) is 34.4 Å². The highest BCUT2D eigenvalue weighted by Gasteiger charge is 2.14. The Bertz CT molecular complexity index is 813. The lowest BCUT2D eigenvalue weighted by molar-refractivity contribution is -0.123. The largest absolute Gasteiger partial charge is 0.484 e. The summed E-state index contributed by atoms with van der Waals surface area (Å²) >= 11 is 0. The highest BCUT2D eigenvalue weighted by Crippen LogP contribution is 2.19. The fourth-order valence-electron chi connectivity index (χ4n) is 3.09. The summed E-state index contributed by atoms with van der Waals surface area (Å²) in [6.45, 7) is 3.41. The zero-order chi connectivity index (χ0) is 17.6. The van der Waals surface area contributed by atoms with Crippen molar-refractivity contribution in [3.8, 4) is 5.75 Å². The van der Waals surface area contributed by atoms with Crippen LogP contribution >= 0.6 is 0 Å². The molecule has 1 aliphatic heterocycles. The molecule has 0 bridgehead atoms. The molecule has 1 aromatic carbocycles. The van der Waals surface area contributed by atoms with Gasteiger partial charge in [-0.3, -0.25) is 14.2 Å². The van der Waals surface area contributed by atoms with Crippen LogP contribution < -0.4 is 15.6 Å². The van der Waals surface area contributed by atoms with Gasteiger partial charge in [-0.2, -0.15) is 0 Å². The van der Waals surface area contributed by atoms with Crippen LogP contribution in [0.4, 0.5) is 0 Å². The van der Waals surface area contributed by atoms with Crippen molar-refractivity contribution < 1.29 is 9.53 Å². The number of ether oxygens (including phenoxy) is 1. The number of carbonyl (C=O) groups excluding carboxylic acids is 1. The first-order valence-electron chi connectivity index (χ1n) is 9.12. The number of rotatable bonds is 6. The highest BCUT2D eigenvalue weighted by atomic mass is 16.5. The fourth-order valence-corrected chi connectivity index (χ4v) is 3.09. The SMILES string of the molecule is CCCCNC(=O)COc1ccc2nc3n(c(=O)c2c1)CCCCC3. The number of fused-ring (bicyclic) bond motifs is 2. The first-order chi connectivity index (χ1) is 12.2. The van der Waals surface area contributed by atoms with Gasteiger partial charge < -0.3 is 10.1 Å². The lowest BCUT2D eigenvalue weighted by Crippen LogP contribution is -2.29. The van der Waals surface area contributed by atoms with E-state index >= 15 is 0 Å². The number of aryl methyl sites for hydroxylation is 1. The van der Waals surface area contributed by atoms with Crippen LogP contribution in [0.3, 0.4) is 0 Å². The number of benzene rings is 1. The Hall–Kier alpha value is -2.37. The van der Waals surface area contributed by atoms with E-state index in [1.54, 1.807) is 22.8 Å². The molecule has 0 saturated carbocycles. The van der Waals surface area contributed by atoms with Crippen molar-refractivity contribution in [2.24, 2.45) is 0 Å². The Morgan fingerprint density at radius 2 is 2.20 bits per heavy atom. The van der Waals surface area contributed by atoms with Crippen LogP contribution in [0.1, 0.15) is 44.9 Å². The van der Waals surface area contributed by atoms with Crippen LogP contribution in [0, 0.1) is 0 Å². The molecule has 6 heteroatoms. The minimum absolute atomic E-state index is 0.0141. The van der Waals surface area contributed by atoms with Crippen LogP contribution in [0.5, 0.6) is 5.75 Å². The number of hydrogen-bond donors (Lipinski definition) is 1. The summed E-state index contributed by atoms with van der Waals surface area (Å²) in [6.07, 6.45) is 6.05. The second kappa shape index (κ2) is 8.14. The maximum absolute atomic E-state index is 12.8. The van der Waals surface area contributed by atoms with Crippen LogP contribution in [0.25, 0.3) is 10.9 Å². The monoisotopic (exact) mass is 343 g/mol. The highest BCUT2D eigenvalue weighted by molar-refractivity contribution is 5.80. The Morgan fingerprint density at radius 3 is 3.04 bits per heavy atom. The molecule has 0 spiro atoms. The van der Waals surface area contributed by atoms with Crippen molar-refractivity contribution in [1.29, 1.82) is 0 Å². The number of hydrogen-bond acceptors (Lipinski definition) is 4. The predicted molar refractivity (Wildman–Crippen MR) is 97.0 cm³/mol. The van der Waals surface area contributed by atoms with Gasteiger partial charge in [0, 0.05) is 19.5 Å². The molecular formula is C19H25N3O3. The molecule has 3 rings (SSSR count). The van der Waals surface area contributed by atoms with Gasteiger partial charge in [-0.1, -0.05) is 19.8 Å². The quantitative estimate of drug-likeness (QED) is 0.818. The number of unbranched alkanes of at least 4 members (excludes halogenated alkanes) is 1. The van der Waals surface area contributed by atoms with Gasteiger partial charge in [0.2, 0.25) is 0 Å². The van der Waals surface area contributed by atoms with E-state index in [0.29, 0.717) is 23.2 Å². The van der Waals surface area contributed by atoms with Crippen molar-refractivity contribution in [2.75, 3.05) is 13.2 Å². The first-order valence-corrected chi connectivity index (χ1v) is 9.12. The molecule has 0 saturated heterocycles. The summed E-state index contributed by atoms with van der Waals surface area (Å²) in [5, 5.41) is 3.36. The summed E-state index contributed by atoms with van der Waals surface area (Å²) in [4.78, 5) is 29.2. The second-order valence-electron chi connectivity index (χ2n) is 6.47. The van der Waals surface area contributed by atoms with E-state index in [1.165, 1.54) is 0 Å². The van der Waals surface area contributed by atoms with Crippen molar-refractivity contribution in [2.45, 2.75) is 52.0 Å². The molecule has 6 nitrogen and oxygen atoms in total. The minimum Gasteiger partial charge on any atom is -0.484 e. The van der Waals surface area contributed by atoms with Gasteiger partial charge in [-0.05, 0) is 37.5 Å². The molecular weight excluding hydrogens is 318 g/mol. The molecule has 2 heterocycles. The summed E-state index contributed by atoms with van der Waals surface area (Å²) < 4.78 is 7.33. The molecule has 25 heavy (non-hydrogen) atoms. The maximum Gasteiger partial charge on any atom is 0.261 e. The summed E-state index contributed by atoms with van der Waals surface area (Å²) in [7, 11) is 0. The molecule has 2 aromatic rings. The average molecular weight is 343 g/mol. The van der Waals surface area contributed by atoms with Gasteiger partial charge >= 0.3 is 0 Å². The zero-order valence-electron chi connectivity index (χ0n) is 14.7. The van der Waals surface area contributed by atoms with E-state index in [4.69, 9.17) is 4.74 Å². The van der Waals surface area contributed by atoms with E-state index in [2.05, 4.69) is 17.2 Å². The molecule has 1 aliphatic rings. The first kappa shape index (κ1) is 17.5. The van der Waals surface area contributed by atoms with Crippen LogP contribution in [-0.2, 0) is 17.8 Å². The fraction of sp³-hybridized carbons (Fsp3) is 0.526. The molecule has 0 unspecified atom stereocenters. The van der Waals surface area contributed by atoms with Crippen molar-refractivity contribution in [1.82, 2.24) is 14.9 Å². The topological polar surface area (TPSA) is 73.2 Å². The van der Waals surface area contributed by atoms with Gasteiger partial charge in [0.1, 0.15) is 11.6 Å². The molecule has 1 aromatic heterocycles. The molecule has 1 amide bonds. The Balaban J connectivity index is 1.77. The molecule has 0 fully saturated rings. The van der Waals surface area contributed by atoms with Crippen LogP contribution in [0.2, 0.25) is 0 Å². The normalized spacial score (nSPS) is 14.0. The van der Waals surface area contributed by atoms with Gasteiger partial charge in [0.15, 0.2) is 6.61 Å². The number of carbonyl (C=O) groups is 1. The predicted octanol–water partition coefficient (Wildman–Crippen LogP) is 2.42. The Kier molecular flexibility index (Phi) is 5.68. The molecule has 134 valence electrons. The van der Waals surface area contributed by atoms with E-state index in [-0.39, 0.29) is 18.1 Å². The van der Waals surface area contributed by atoms with Crippen molar-refractivity contribution in [3.63, 3.8) is 0 Å². The number of nitrogens with one attached hydrogen (secondary N) is 1. The van der Waals surface area contributed by atoms with Gasteiger partial charge in [0.05, 0.1) is 10.9 Å². The molecule has 0 aliphatic carbocycles. The number of nitrogens with zero attached hydrogens (tertiary/aromatic N) is 2. The Morgan fingerprint density at radius 1 is 1.32 bits per heavy atom. The summed E-state index contributed by atoms with van der Waals surface area (Å²) in [5.74, 6) is 1.25. The van der Waals surface area contributed by atoms with Crippen molar-refractivity contribution >= 4 is 16.8 Å². The van der Waals surface area contributed by atoms with E-state index in [9.17, 15) is 9.59 Å². The van der Waals surface area contributed by atoms with Crippen LogP contribution in [-0.4, -0.2) is 28.6 Å². The third-order valence-electron chi connectivity index (χ3n) is 4.51. The number of aromatic nitrogens is 2. The van der Waals surface area contributed by atoms with Gasteiger partial charge in [-0.15, -0.1) is 0 Å². The summed E-state index contributed by atoms with van der Waals surface area (Å²) in [6, 6.07) is 5.26. The van der Waals surface area contributed by atoms with E-state index < -0.39 is 0 Å². The molecule has 0 atom stereocenters. The third-order valence-corrected chi connectivity index (χ3v) is 4.51. The number of amides is 1. The van der Waals surface area contributed by atoms with Gasteiger partial charge in [-0.25, -0.2) is 4.98 Å². The standard InChI is InChI=1S/C19H25N3O3/c1-2-3-10-20-18(23)13-25-14-8-9-16-15(12-14)19(24)22-11-6-4-5-7-17(22)21-16/h8-9,12H,2-7,10-11,13H2,1H3,(H,20,23). The van der Waals surface area contributed by atoms with Crippen LogP contribution in [0.15, 0.2) is 23.0 Å². The maximum atomic E-state index is 12.8. The zero-order valence-corrected chi connectivity index (χ0v) is 14.7. The Labute approximate surface area is 147 Å². The summed E-state index contributed by atoms with van der Waals surface area (Å²) in [5.41, 5.74) is 0.678. The lowest BCUT2D eigenvalue weighted by Gasteiger charge is -2.11. The van der Waals surface area contributed by atoms with E-state index in [1.807, 2.05) is 0 Å². The lowest BCUT2D eigenvalue weighted by atomic mass is 10.2.